The predicted octanol–water partition coefficient (Wildman–Crippen LogP) is 2.85. The van der Waals surface area contributed by atoms with Gasteiger partial charge in [-0.15, -0.1) is 0 Å². The molecule has 0 fully saturated rings. The highest BCUT2D eigenvalue weighted by atomic mass is 19.1. The fourth-order valence-corrected chi connectivity index (χ4v) is 2.49. The molecule has 2 rings (SSSR count). The topological polar surface area (TPSA) is 20.2 Å². The number of aryl methyl sites for hydroxylation is 1. The minimum atomic E-state index is -0.602. The Kier molecular flexibility index (Phi) is 2.79. The van der Waals surface area contributed by atoms with Crippen LogP contribution in [0.4, 0.5) is 4.39 Å². The average Bonchev–Trinajstić information content (AvgIpc) is 2.17. The number of aliphatic hydroxyl groups is 1. The SMILES string of the molecule is CCCC1(O)CCc2ccc(F)cc2C1. The Labute approximate surface area is 89.9 Å². The van der Waals surface area contributed by atoms with Gasteiger partial charge in [0, 0.05) is 6.42 Å². The number of hydrogen-bond acceptors (Lipinski definition) is 1. The molecule has 0 bridgehead atoms. The molecule has 0 heterocycles. The molecule has 0 saturated carbocycles. The Morgan fingerprint density at radius 3 is 2.93 bits per heavy atom. The van der Waals surface area contributed by atoms with E-state index >= 15 is 0 Å². The van der Waals surface area contributed by atoms with Crippen molar-refractivity contribution in [2.75, 3.05) is 0 Å². The van der Waals surface area contributed by atoms with Gasteiger partial charge in [0.1, 0.15) is 5.82 Å². The Balaban J connectivity index is 2.25. The van der Waals surface area contributed by atoms with E-state index in [9.17, 15) is 9.50 Å². The van der Waals surface area contributed by atoms with Gasteiger partial charge in [-0.2, -0.15) is 0 Å². The van der Waals surface area contributed by atoms with Gasteiger partial charge in [-0.25, -0.2) is 4.39 Å². The average molecular weight is 208 g/mol. The Bertz CT molecular complexity index is 362. The quantitative estimate of drug-likeness (QED) is 0.792. The monoisotopic (exact) mass is 208 g/mol. The van der Waals surface area contributed by atoms with Crippen molar-refractivity contribution in [3.8, 4) is 0 Å². The van der Waals surface area contributed by atoms with Gasteiger partial charge in [0.2, 0.25) is 0 Å². The van der Waals surface area contributed by atoms with Crippen LogP contribution in [0.2, 0.25) is 0 Å². The molecule has 0 radical (unpaired) electrons. The summed E-state index contributed by atoms with van der Waals surface area (Å²) in [7, 11) is 0. The zero-order chi connectivity index (χ0) is 10.9. The molecule has 0 aromatic heterocycles. The van der Waals surface area contributed by atoms with Crippen LogP contribution in [0.3, 0.4) is 0 Å². The van der Waals surface area contributed by atoms with Crippen LogP contribution >= 0.6 is 0 Å². The summed E-state index contributed by atoms with van der Waals surface area (Å²) in [6, 6.07) is 4.91. The highest BCUT2D eigenvalue weighted by Crippen LogP contribution is 2.32. The fraction of sp³-hybridized carbons (Fsp3) is 0.538. The summed E-state index contributed by atoms with van der Waals surface area (Å²) < 4.78 is 13.1. The molecule has 0 amide bonds. The molecule has 1 aromatic carbocycles. The zero-order valence-corrected chi connectivity index (χ0v) is 9.09. The first kappa shape index (κ1) is 10.6. The maximum atomic E-state index is 13.1. The van der Waals surface area contributed by atoms with Gasteiger partial charge in [0.15, 0.2) is 0 Å². The second-order valence-corrected chi connectivity index (χ2v) is 4.56. The molecule has 1 atom stereocenters. The summed E-state index contributed by atoms with van der Waals surface area (Å²) in [5.41, 5.74) is 1.57. The summed E-state index contributed by atoms with van der Waals surface area (Å²) in [5.74, 6) is -0.200. The molecule has 1 N–H and O–H groups in total. The van der Waals surface area contributed by atoms with Gasteiger partial charge < -0.3 is 5.11 Å². The molecular formula is C13H17FO. The van der Waals surface area contributed by atoms with Crippen molar-refractivity contribution in [1.82, 2.24) is 0 Å². The molecule has 0 aliphatic heterocycles. The van der Waals surface area contributed by atoms with Crippen LogP contribution in [0, 0.1) is 5.82 Å². The van der Waals surface area contributed by atoms with Crippen LogP contribution in [0.25, 0.3) is 0 Å². The van der Waals surface area contributed by atoms with E-state index in [-0.39, 0.29) is 5.82 Å². The normalized spacial score (nSPS) is 25.0. The van der Waals surface area contributed by atoms with Gasteiger partial charge in [-0.1, -0.05) is 19.4 Å². The molecule has 1 aliphatic carbocycles. The Morgan fingerprint density at radius 1 is 1.40 bits per heavy atom. The lowest BCUT2D eigenvalue weighted by molar-refractivity contribution is 0.0172. The molecule has 1 aromatic rings. The largest absolute Gasteiger partial charge is 0.390 e. The standard InChI is InChI=1S/C13H17FO/c1-2-6-13(15)7-5-10-3-4-12(14)8-11(10)9-13/h3-4,8,15H,2,5-7,9H2,1H3. The lowest BCUT2D eigenvalue weighted by Gasteiger charge is -2.33. The van der Waals surface area contributed by atoms with Crippen LogP contribution in [-0.2, 0) is 12.8 Å². The Morgan fingerprint density at radius 2 is 2.20 bits per heavy atom. The van der Waals surface area contributed by atoms with Crippen molar-refractivity contribution < 1.29 is 9.50 Å². The number of benzene rings is 1. The van der Waals surface area contributed by atoms with Gasteiger partial charge in [-0.3, -0.25) is 0 Å². The summed E-state index contributed by atoms with van der Waals surface area (Å²) in [6.45, 7) is 2.07. The van der Waals surface area contributed by atoms with Crippen LogP contribution in [0.5, 0.6) is 0 Å². The zero-order valence-electron chi connectivity index (χ0n) is 9.09. The first-order valence-electron chi connectivity index (χ1n) is 5.63. The van der Waals surface area contributed by atoms with Crippen molar-refractivity contribution in [3.63, 3.8) is 0 Å². The van der Waals surface area contributed by atoms with Gasteiger partial charge in [0.25, 0.3) is 0 Å². The molecule has 0 spiro atoms. The van der Waals surface area contributed by atoms with Crippen LogP contribution in [0.1, 0.15) is 37.3 Å². The molecule has 1 aliphatic rings. The molecule has 1 unspecified atom stereocenters. The van der Waals surface area contributed by atoms with E-state index in [0.717, 1.165) is 31.2 Å². The van der Waals surface area contributed by atoms with E-state index in [0.29, 0.717) is 6.42 Å². The molecule has 2 heteroatoms. The Hall–Kier alpha value is -0.890. The van der Waals surface area contributed by atoms with Gasteiger partial charge >= 0.3 is 0 Å². The van der Waals surface area contributed by atoms with Crippen molar-refractivity contribution >= 4 is 0 Å². The van der Waals surface area contributed by atoms with Crippen LogP contribution in [-0.4, -0.2) is 10.7 Å². The number of halogens is 1. The molecule has 1 nitrogen and oxygen atoms in total. The second-order valence-electron chi connectivity index (χ2n) is 4.56. The maximum absolute atomic E-state index is 13.1. The van der Waals surface area contributed by atoms with Gasteiger partial charge in [0.05, 0.1) is 5.60 Å². The van der Waals surface area contributed by atoms with Crippen LogP contribution < -0.4 is 0 Å². The fourth-order valence-electron chi connectivity index (χ4n) is 2.49. The van der Waals surface area contributed by atoms with Crippen LogP contribution in [0.15, 0.2) is 18.2 Å². The van der Waals surface area contributed by atoms with Crippen molar-refractivity contribution in [2.45, 2.75) is 44.6 Å². The highest BCUT2D eigenvalue weighted by molar-refractivity contribution is 5.32. The van der Waals surface area contributed by atoms with Crippen molar-refractivity contribution in [2.24, 2.45) is 0 Å². The molecule has 15 heavy (non-hydrogen) atoms. The van der Waals surface area contributed by atoms with E-state index in [2.05, 4.69) is 6.92 Å². The molecular weight excluding hydrogens is 191 g/mol. The minimum absolute atomic E-state index is 0.200. The lowest BCUT2D eigenvalue weighted by atomic mass is 9.78. The van der Waals surface area contributed by atoms with Gasteiger partial charge in [-0.05, 0) is 42.5 Å². The molecule has 82 valence electrons. The first-order valence-corrected chi connectivity index (χ1v) is 5.63. The maximum Gasteiger partial charge on any atom is 0.123 e. The summed E-state index contributed by atoms with van der Waals surface area (Å²) in [6.07, 6.45) is 4.06. The number of fused-ring (bicyclic) bond motifs is 1. The van der Waals surface area contributed by atoms with E-state index in [4.69, 9.17) is 0 Å². The van der Waals surface area contributed by atoms with E-state index in [1.54, 1.807) is 6.07 Å². The van der Waals surface area contributed by atoms with Crippen molar-refractivity contribution in [3.05, 3.63) is 35.1 Å². The number of hydrogen-bond donors (Lipinski definition) is 1. The second kappa shape index (κ2) is 3.93. The third kappa shape index (κ3) is 2.20. The predicted molar refractivity (Wildman–Crippen MR) is 58.3 cm³/mol. The summed E-state index contributed by atoms with van der Waals surface area (Å²) in [5, 5.41) is 10.3. The number of rotatable bonds is 2. The van der Waals surface area contributed by atoms with E-state index in [1.165, 1.54) is 11.6 Å². The van der Waals surface area contributed by atoms with Crippen molar-refractivity contribution in [1.29, 1.82) is 0 Å². The smallest absolute Gasteiger partial charge is 0.123 e. The third-order valence-electron chi connectivity index (χ3n) is 3.26. The van der Waals surface area contributed by atoms with E-state index < -0.39 is 5.60 Å². The lowest BCUT2D eigenvalue weighted by Crippen LogP contribution is -2.35. The highest BCUT2D eigenvalue weighted by Gasteiger charge is 2.31. The summed E-state index contributed by atoms with van der Waals surface area (Å²) in [4.78, 5) is 0. The van der Waals surface area contributed by atoms with E-state index in [1.807, 2.05) is 6.07 Å². The summed E-state index contributed by atoms with van der Waals surface area (Å²) >= 11 is 0. The first-order chi connectivity index (χ1) is 7.13. The molecule has 0 saturated heterocycles. The minimum Gasteiger partial charge on any atom is -0.390 e. The third-order valence-corrected chi connectivity index (χ3v) is 3.26.